The fraction of sp³-hybridized carbons (Fsp3) is 0.143. The normalized spacial score (nSPS) is 19.5. The van der Waals surface area contributed by atoms with Gasteiger partial charge in [-0.3, -0.25) is 0 Å². The lowest BCUT2D eigenvalue weighted by atomic mass is 9.82. The van der Waals surface area contributed by atoms with Crippen molar-refractivity contribution in [3.8, 4) is 5.75 Å². The lowest BCUT2D eigenvalue weighted by Gasteiger charge is -2.21. The Kier molecular flexibility index (Phi) is 4.44. The molecule has 0 spiro atoms. The van der Waals surface area contributed by atoms with Crippen molar-refractivity contribution in [1.82, 2.24) is 0 Å². The topological polar surface area (TPSA) is 9.23 Å². The fourth-order valence-corrected chi connectivity index (χ4v) is 5.08. The molecule has 29 heavy (non-hydrogen) atoms. The summed E-state index contributed by atoms with van der Waals surface area (Å²) in [6.45, 7) is 0. The quantitative estimate of drug-likeness (QED) is 0.383. The van der Waals surface area contributed by atoms with Crippen molar-refractivity contribution >= 4 is 0 Å². The van der Waals surface area contributed by atoms with E-state index >= 15 is 0 Å². The van der Waals surface area contributed by atoms with E-state index in [1.54, 1.807) is 7.11 Å². The Bertz CT molecular complexity index is 1030. The first-order valence-corrected chi connectivity index (χ1v) is 10.2. The van der Waals surface area contributed by atoms with Gasteiger partial charge in [0.1, 0.15) is 5.75 Å². The van der Waals surface area contributed by atoms with Crippen molar-refractivity contribution in [3.05, 3.63) is 138 Å². The lowest BCUT2D eigenvalue weighted by Crippen LogP contribution is -2.13. The van der Waals surface area contributed by atoms with E-state index in [-0.39, 0.29) is 5.41 Å². The van der Waals surface area contributed by atoms with Crippen LogP contribution < -0.4 is 4.74 Å². The molecule has 5 rings (SSSR count). The third kappa shape index (κ3) is 2.86. The fourth-order valence-electron chi connectivity index (χ4n) is 5.08. The summed E-state index contributed by atoms with van der Waals surface area (Å²) in [7, 11) is 1.72. The van der Waals surface area contributed by atoms with Gasteiger partial charge in [-0.25, -0.2) is 0 Å². The summed E-state index contributed by atoms with van der Waals surface area (Å²) in [6.07, 6.45) is 0. The van der Waals surface area contributed by atoms with Crippen molar-refractivity contribution in [2.24, 2.45) is 0 Å². The lowest BCUT2D eigenvalue weighted by molar-refractivity contribution is 0.414. The summed E-state index contributed by atoms with van der Waals surface area (Å²) in [5.74, 6) is 1.66. The van der Waals surface area contributed by atoms with Crippen LogP contribution in [0.2, 0.25) is 0 Å². The van der Waals surface area contributed by atoms with Crippen LogP contribution in [0.1, 0.15) is 34.1 Å². The Morgan fingerprint density at radius 2 is 0.931 bits per heavy atom. The van der Waals surface area contributed by atoms with Gasteiger partial charge in [0.25, 0.3) is 0 Å². The van der Waals surface area contributed by atoms with Gasteiger partial charge in [-0.1, -0.05) is 103 Å². The van der Waals surface area contributed by atoms with Crippen molar-refractivity contribution in [1.29, 1.82) is 0 Å². The number of rotatable bonds is 5. The average molecular weight is 376 g/mol. The molecule has 1 fully saturated rings. The Balaban J connectivity index is 1.73. The van der Waals surface area contributed by atoms with E-state index in [4.69, 9.17) is 4.74 Å². The van der Waals surface area contributed by atoms with Gasteiger partial charge in [0.05, 0.1) is 7.11 Å². The highest BCUT2D eigenvalue weighted by Gasteiger charge is 2.66. The van der Waals surface area contributed by atoms with Crippen molar-refractivity contribution < 1.29 is 4.74 Å². The number of benzene rings is 4. The number of hydrogen-bond acceptors (Lipinski definition) is 1. The predicted octanol–water partition coefficient (Wildman–Crippen LogP) is 6.56. The van der Waals surface area contributed by atoms with Crippen molar-refractivity contribution in [3.63, 3.8) is 0 Å². The second-order valence-electron chi connectivity index (χ2n) is 7.74. The number of ether oxygens (including phenoxy) is 1. The van der Waals surface area contributed by atoms with Gasteiger partial charge < -0.3 is 4.74 Å². The maximum absolute atomic E-state index is 5.40. The SMILES string of the molecule is COc1ccc([C@H]2[C@H](c3ccccc3)C2(c2ccccc2)c2ccccc2)cc1. The Morgan fingerprint density at radius 3 is 1.38 bits per heavy atom. The molecule has 1 nitrogen and oxygen atoms in total. The second-order valence-corrected chi connectivity index (χ2v) is 7.74. The second kappa shape index (κ2) is 7.25. The van der Waals surface area contributed by atoms with E-state index in [2.05, 4.69) is 115 Å². The molecule has 0 saturated heterocycles. The highest BCUT2D eigenvalue weighted by atomic mass is 16.5. The largest absolute Gasteiger partial charge is 0.497 e. The molecule has 4 aromatic rings. The van der Waals surface area contributed by atoms with E-state index in [0.717, 1.165) is 5.75 Å². The van der Waals surface area contributed by atoms with E-state index in [1.807, 2.05) is 0 Å². The van der Waals surface area contributed by atoms with Gasteiger partial charge in [0.2, 0.25) is 0 Å². The Morgan fingerprint density at radius 1 is 0.517 bits per heavy atom. The molecule has 1 saturated carbocycles. The monoisotopic (exact) mass is 376 g/mol. The zero-order valence-corrected chi connectivity index (χ0v) is 16.5. The van der Waals surface area contributed by atoms with Crippen LogP contribution in [-0.4, -0.2) is 7.11 Å². The minimum atomic E-state index is -0.0710. The number of methoxy groups -OCH3 is 1. The molecule has 0 radical (unpaired) electrons. The van der Waals surface area contributed by atoms with Gasteiger partial charge in [-0.05, 0) is 34.4 Å². The zero-order valence-electron chi connectivity index (χ0n) is 16.5. The van der Waals surface area contributed by atoms with Gasteiger partial charge in [-0.15, -0.1) is 0 Å². The Labute approximate surface area is 172 Å². The highest BCUT2D eigenvalue weighted by molar-refractivity contribution is 5.61. The van der Waals surface area contributed by atoms with Gasteiger partial charge in [-0.2, -0.15) is 0 Å². The molecule has 0 unspecified atom stereocenters. The van der Waals surface area contributed by atoms with Crippen LogP contribution in [0, 0.1) is 0 Å². The number of hydrogen-bond donors (Lipinski definition) is 0. The molecule has 0 bridgehead atoms. The highest BCUT2D eigenvalue weighted by Crippen LogP contribution is 2.73. The average Bonchev–Trinajstić information content (AvgIpc) is 3.52. The molecular weight excluding hydrogens is 352 g/mol. The van der Waals surface area contributed by atoms with E-state index < -0.39 is 0 Å². The summed E-state index contributed by atoms with van der Waals surface area (Å²) in [6, 6.07) is 41.5. The van der Waals surface area contributed by atoms with E-state index in [9.17, 15) is 0 Å². The van der Waals surface area contributed by atoms with Crippen LogP contribution in [0.5, 0.6) is 5.75 Å². The third-order valence-electron chi connectivity index (χ3n) is 6.34. The summed E-state index contributed by atoms with van der Waals surface area (Å²) in [5.41, 5.74) is 5.42. The Hall–Kier alpha value is -3.32. The standard InChI is InChI=1S/C28H24O/c1-29-25-19-17-22(18-20-25)27-26(21-11-5-2-6-12-21)28(27,23-13-7-3-8-14-23)24-15-9-4-10-16-24/h2-20,26-27H,1H3/t26-,27-/m0/s1. The molecule has 1 aliphatic rings. The van der Waals surface area contributed by atoms with Crippen LogP contribution >= 0.6 is 0 Å². The molecular formula is C28H24O. The minimum absolute atomic E-state index is 0.0710. The molecule has 1 heteroatoms. The third-order valence-corrected chi connectivity index (χ3v) is 6.34. The van der Waals surface area contributed by atoms with Crippen molar-refractivity contribution in [2.45, 2.75) is 17.3 Å². The first-order chi connectivity index (χ1) is 14.4. The van der Waals surface area contributed by atoms with Crippen LogP contribution in [-0.2, 0) is 5.41 Å². The first-order valence-electron chi connectivity index (χ1n) is 10.2. The molecule has 0 amide bonds. The van der Waals surface area contributed by atoms with E-state index in [0.29, 0.717) is 11.8 Å². The van der Waals surface area contributed by atoms with Gasteiger partial charge in [0, 0.05) is 17.3 Å². The molecule has 0 N–H and O–H groups in total. The summed E-state index contributed by atoms with van der Waals surface area (Å²) in [5, 5.41) is 0. The maximum Gasteiger partial charge on any atom is 0.118 e. The minimum Gasteiger partial charge on any atom is -0.497 e. The van der Waals surface area contributed by atoms with Crippen LogP contribution in [0.15, 0.2) is 115 Å². The van der Waals surface area contributed by atoms with Gasteiger partial charge >= 0.3 is 0 Å². The maximum atomic E-state index is 5.40. The summed E-state index contributed by atoms with van der Waals surface area (Å²) < 4.78 is 5.40. The molecule has 4 aromatic carbocycles. The predicted molar refractivity (Wildman–Crippen MR) is 119 cm³/mol. The van der Waals surface area contributed by atoms with Crippen LogP contribution in [0.25, 0.3) is 0 Å². The molecule has 0 heterocycles. The first kappa shape index (κ1) is 17.8. The zero-order chi connectivity index (χ0) is 19.7. The van der Waals surface area contributed by atoms with Crippen LogP contribution in [0.4, 0.5) is 0 Å². The smallest absolute Gasteiger partial charge is 0.118 e. The van der Waals surface area contributed by atoms with Crippen molar-refractivity contribution in [2.75, 3.05) is 7.11 Å². The summed E-state index contributed by atoms with van der Waals surface area (Å²) in [4.78, 5) is 0. The summed E-state index contributed by atoms with van der Waals surface area (Å²) >= 11 is 0. The van der Waals surface area contributed by atoms with Gasteiger partial charge in [0.15, 0.2) is 0 Å². The molecule has 0 aliphatic heterocycles. The van der Waals surface area contributed by atoms with E-state index in [1.165, 1.54) is 22.3 Å². The molecule has 142 valence electrons. The van der Waals surface area contributed by atoms with Crippen LogP contribution in [0.3, 0.4) is 0 Å². The molecule has 1 aliphatic carbocycles. The molecule has 0 aromatic heterocycles. The molecule has 2 atom stereocenters.